The molecule has 0 atom stereocenters. The number of sulfonamides is 1. The Morgan fingerprint density at radius 2 is 1.83 bits per heavy atom. The number of amides is 1. The Labute approximate surface area is 172 Å². The predicted octanol–water partition coefficient (Wildman–Crippen LogP) is 2.72. The first-order valence-corrected chi connectivity index (χ1v) is 11.0. The number of rotatable bonds is 12. The summed E-state index contributed by atoms with van der Waals surface area (Å²) in [6.45, 7) is 3.59. The monoisotopic (exact) mass is 420 g/mol. The zero-order valence-electron chi connectivity index (χ0n) is 16.8. The number of methoxy groups -OCH3 is 1. The van der Waals surface area contributed by atoms with Gasteiger partial charge < -0.3 is 14.8 Å². The van der Waals surface area contributed by atoms with Crippen LogP contribution in [0.3, 0.4) is 0 Å². The van der Waals surface area contributed by atoms with E-state index in [1.165, 1.54) is 31.4 Å². The second-order valence-electron chi connectivity index (χ2n) is 6.45. The Hall–Kier alpha value is -2.42. The molecule has 29 heavy (non-hydrogen) atoms. The highest BCUT2D eigenvalue weighted by molar-refractivity contribution is 7.89. The third kappa shape index (κ3) is 7.49. The second-order valence-corrected chi connectivity index (χ2v) is 8.21. The van der Waals surface area contributed by atoms with Crippen LogP contribution in [-0.4, -0.2) is 41.2 Å². The Bertz CT molecular complexity index is 882. The number of carbonyl (C=O) groups is 1. The van der Waals surface area contributed by atoms with E-state index >= 15 is 0 Å². The zero-order valence-corrected chi connectivity index (χ0v) is 17.6. The lowest BCUT2D eigenvalue weighted by Gasteiger charge is -2.10. The van der Waals surface area contributed by atoms with Crippen LogP contribution in [0.2, 0.25) is 0 Å². The van der Waals surface area contributed by atoms with E-state index in [0.29, 0.717) is 18.7 Å². The van der Waals surface area contributed by atoms with Gasteiger partial charge in [-0.3, -0.25) is 4.79 Å². The molecule has 0 aliphatic rings. The molecule has 2 N–H and O–H groups in total. The van der Waals surface area contributed by atoms with Crippen molar-refractivity contribution in [2.75, 3.05) is 26.9 Å². The van der Waals surface area contributed by atoms with Crippen LogP contribution >= 0.6 is 0 Å². The second kappa shape index (κ2) is 11.5. The van der Waals surface area contributed by atoms with E-state index in [9.17, 15) is 13.2 Å². The fourth-order valence-electron chi connectivity index (χ4n) is 2.51. The maximum absolute atomic E-state index is 12.4. The molecule has 0 radical (unpaired) electrons. The average molecular weight is 421 g/mol. The van der Waals surface area contributed by atoms with E-state index < -0.39 is 10.0 Å². The van der Waals surface area contributed by atoms with Crippen LogP contribution in [0.4, 0.5) is 0 Å². The van der Waals surface area contributed by atoms with Crippen molar-refractivity contribution in [1.29, 1.82) is 0 Å². The summed E-state index contributed by atoms with van der Waals surface area (Å²) >= 11 is 0. The quantitative estimate of drug-likeness (QED) is 0.515. The lowest BCUT2D eigenvalue weighted by molar-refractivity contribution is 0.0950. The van der Waals surface area contributed by atoms with Crippen molar-refractivity contribution >= 4 is 15.9 Å². The van der Waals surface area contributed by atoms with E-state index in [-0.39, 0.29) is 24.0 Å². The van der Waals surface area contributed by atoms with Gasteiger partial charge in [-0.2, -0.15) is 0 Å². The van der Waals surface area contributed by atoms with Crippen LogP contribution < -0.4 is 14.8 Å². The number of hydrogen-bond acceptors (Lipinski definition) is 5. The lowest BCUT2D eigenvalue weighted by Crippen LogP contribution is -2.27. The summed E-state index contributed by atoms with van der Waals surface area (Å²) in [7, 11) is -2.12. The van der Waals surface area contributed by atoms with Crippen LogP contribution in [0.25, 0.3) is 0 Å². The summed E-state index contributed by atoms with van der Waals surface area (Å²) in [5.74, 6) is 0.499. The van der Waals surface area contributed by atoms with Crippen molar-refractivity contribution in [3.8, 4) is 5.75 Å². The number of hydrogen-bond donors (Lipinski definition) is 2. The summed E-state index contributed by atoms with van der Waals surface area (Å²) in [6.07, 6.45) is 2.06. The van der Waals surface area contributed by atoms with Gasteiger partial charge in [0, 0.05) is 25.8 Å². The Morgan fingerprint density at radius 3 is 2.52 bits per heavy atom. The highest BCUT2D eigenvalue weighted by atomic mass is 32.2. The van der Waals surface area contributed by atoms with E-state index in [4.69, 9.17) is 9.47 Å². The van der Waals surface area contributed by atoms with Gasteiger partial charge in [0.25, 0.3) is 5.91 Å². The van der Waals surface area contributed by atoms with Crippen LogP contribution in [-0.2, 0) is 21.3 Å². The van der Waals surface area contributed by atoms with Crippen molar-refractivity contribution in [3.63, 3.8) is 0 Å². The van der Waals surface area contributed by atoms with Crippen LogP contribution in [0.15, 0.2) is 53.4 Å². The minimum absolute atomic E-state index is 0.0992. The largest absolute Gasteiger partial charge is 0.494 e. The topological polar surface area (TPSA) is 93.7 Å². The molecule has 158 valence electrons. The molecule has 2 rings (SSSR count). The van der Waals surface area contributed by atoms with Gasteiger partial charge in [-0.05, 0) is 48.4 Å². The molecule has 7 nitrogen and oxygen atoms in total. The predicted molar refractivity (Wildman–Crippen MR) is 112 cm³/mol. The minimum atomic E-state index is -3.62. The number of nitrogens with one attached hydrogen (secondary N) is 2. The van der Waals surface area contributed by atoms with Crippen molar-refractivity contribution in [2.45, 2.75) is 31.2 Å². The van der Waals surface area contributed by atoms with E-state index in [0.717, 1.165) is 24.2 Å². The van der Waals surface area contributed by atoms with Gasteiger partial charge in [0.1, 0.15) is 5.75 Å². The van der Waals surface area contributed by atoms with Gasteiger partial charge in [0.2, 0.25) is 10.0 Å². The summed E-state index contributed by atoms with van der Waals surface area (Å²) in [5, 5.41) is 2.83. The van der Waals surface area contributed by atoms with Gasteiger partial charge in [-0.1, -0.05) is 25.5 Å². The summed E-state index contributed by atoms with van der Waals surface area (Å²) in [4.78, 5) is 12.5. The molecule has 0 spiro atoms. The third-order valence-electron chi connectivity index (χ3n) is 4.14. The highest BCUT2D eigenvalue weighted by Gasteiger charge is 2.14. The molecule has 0 bridgehead atoms. The molecule has 0 unspecified atom stereocenters. The lowest BCUT2D eigenvalue weighted by atomic mass is 10.2. The van der Waals surface area contributed by atoms with E-state index in [1.807, 2.05) is 24.3 Å². The smallest absolute Gasteiger partial charge is 0.251 e. The first kappa shape index (κ1) is 22.9. The van der Waals surface area contributed by atoms with Crippen LogP contribution in [0.1, 0.15) is 35.7 Å². The zero-order chi connectivity index (χ0) is 21.1. The first-order valence-electron chi connectivity index (χ1n) is 9.55. The summed E-state index contributed by atoms with van der Waals surface area (Å²) < 4.78 is 37.2. The van der Waals surface area contributed by atoms with Crippen LogP contribution in [0, 0.1) is 0 Å². The van der Waals surface area contributed by atoms with Gasteiger partial charge in [0.15, 0.2) is 0 Å². The van der Waals surface area contributed by atoms with Gasteiger partial charge in [-0.15, -0.1) is 0 Å². The first-order chi connectivity index (χ1) is 14.0. The molecular formula is C21H28N2O5S. The number of benzene rings is 2. The van der Waals surface area contributed by atoms with Gasteiger partial charge >= 0.3 is 0 Å². The number of ether oxygens (including phenoxy) is 2. The molecule has 0 aliphatic heterocycles. The summed E-state index contributed by atoms with van der Waals surface area (Å²) in [6, 6.07) is 13.4. The van der Waals surface area contributed by atoms with E-state index in [2.05, 4.69) is 17.0 Å². The summed E-state index contributed by atoms with van der Waals surface area (Å²) in [5.41, 5.74) is 1.31. The number of carbonyl (C=O) groups excluding carboxylic acids is 1. The standard InChI is InChI=1S/C21H28N2O5S/c1-3-4-13-28-19-7-5-6-17(15-19)16-22-21(24)18-8-10-20(11-9-18)29(25,26)23-12-14-27-2/h5-11,15,23H,3-4,12-14,16H2,1-2H3,(H,22,24). The molecule has 8 heteroatoms. The molecular weight excluding hydrogens is 392 g/mol. The molecule has 0 aliphatic carbocycles. The molecule has 0 aromatic heterocycles. The van der Waals surface area contributed by atoms with Crippen molar-refractivity contribution in [1.82, 2.24) is 10.0 Å². The maximum atomic E-state index is 12.4. The fourth-order valence-corrected chi connectivity index (χ4v) is 3.52. The average Bonchev–Trinajstić information content (AvgIpc) is 2.73. The third-order valence-corrected chi connectivity index (χ3v) is 5.62. The van der Waals surface area contributed by atoms with E-state index in [1.54, 1.807) is 0 Å². The molecule has 2 aromatic carbocycles. The number of unbranched alkanes of at least 4 members (excludes halogenated alkanes) is 1. The van der Waals surface area contributed by atoms with Crippen molar-refractivity contribution < 1.29 is 22.7 Å². The molecule has 0 saturated carbocycles. The van der Waals surface area contributed by atoms with Crippen molar-refractivity contribution in [2.24, 2.45) is 0 Å². The Morgan fingerprint density at radius 1 is 1.07 bits per heavy atom. The molecule has 0 saturated heterocycles. The molecule has 1 amide bonds. The highest BCUT2D eigenvalue weighted by Crippen LogP contribution is 2.14. The normalized spacial score (nSPS) is 11.2. The van der Waals surface area contributed by atoms with Gasteiger partial charge in [-0.25, -0.2) is 13.1 Å². The molecule has 0 heterocycles. The van der Waals surface area contributed by atoms with Crippen LogP contribution in [0.5, 0.6) is 5.75 Å². The Balaban J connectivity index is 1.92. The minimum Gasteiger partial charge on any atom is -0.494 e. The van der Waals surface area contributed by atoms with Crippen molar-refractivity contribution in [3.05, 3.63) is 59.7 Å². The SMILES string of the molecule is CCCCOc1cccc(CNC(=O)c2ccc(S(=O)(=O)NCCOC)cc2)c1. The molecule has 0 fully saturated rings. The molecule has 2 aromatic rings. The fraction of sp³-hybridized carbons (Fsp3) is 0.381. The maximum Gasteiger partial charge on any atom is 0.251 e. The Kier molecular flexibility index (Phi) is 9.11. The van der Waals surface area contributed by atoms with Gasteiger partial charge in [0.05, 0.1) is 18.1 Å².